The summed E-state index contributed by atoms with van der Waals surface area (Å²) in [5.74, 6) is 1.66. The second-order valence-electron chi connectivity index (χ2n) is 6.03. The molecule has 0 aliphatic carbocycles. The van der Waals surface area contributed by atoms with E-state index >= 15 is 0 Å². The number of nitrogens with one attached hydrogen (secondary N) is 1. The van der Waals surface area contributed by atoms with E-state index in [4.69, 9.17) is 16.3 Å². The first-order valence-electron chi connectivity index (χ1n) is 8.39. The first-order valence-corrected chi connectivity index (χ1v) is 8.76. The molecule has 1 N–H and O–H groups in total. The minimum Gasteiger partial charge on any atom is -0.494 e. The smallest absolute Gasteiger partial charge is 0.222 e. The lowest BCUT2D eigenvalue weighted by Gasteiger charge is -2.32. The molecule has 1 aromatic heterocycles. The summed E-state index contributed by atoms with van der Waals surface area (Å²) >= 11 is 6.19. The van der Waals surface area contributed by atoms with Crippen molar-refractivity contribution in [3.8, 4) is 5.75 Å². The molecule has 0 bridgehead atoms. The third-order valence-corrected chi connectivity index (χ3v) is 4.69. The number of halogens is 1. The molecule has 25 heavy (non-hydrogen) atoms. The van der Waals surface area contributed by atoms with Crippen molar-refractivity contribution in [3.63, 3.8) is 0 Å². The molecule has 2 atom stereocenters. The van der Waals surface area contributed by atoms with Gasteiger partial charge in [-0.15, -0.1) is 0 Å². The van der Waals surface area contributed by atoms with Gasteiger partial charge in [-0.2, -0.15) is 10.1 Å². The van der Waals surface area contributed by atoms with Gasteiger partial charge in [-0.05, 0) is 48.7 Å². The molecule has 1 aliphatic heterocycles. The maximum atomic E-state index is 6.19. The van der Waals surface area contributed by atoms with Crippen molar-refractivity contribution < 1.29 is 4.74 Å². The fourth-order valence-corrected chi connectivity index (χ4v) is 3.49. The molecule has 2 aromatic carbocycles. The van der Waals surface area contributed by atoms with Crippen LogP contribution in [0, 0.1) is 0 Å². The van der Waals surface area contributed by atoms with E-state index < -0.39 is 0 Å². The highest BCUT2D eigenvalue weighted by atomic mass is 35.5. The van der Waals surface area contributed by atoms with Crippen molar-refractivity contribution in [3.05, 3.63) is 71.0 Å². The summed E-state index contributed by atoms with van der Waals surface area (Å²) < 4.78 is 7.46. The van der Waals surface area contributed by atoms with Crippen LogP contribution in [0.2, 0.25) is 5.02 Å². The Labute approximate surface area is 151 Å². The molecule has 4 rings (SSSR count). The number of anilines is 1. The predicted molar refractivity (Wildman–Crippen MR) is 98.2 cm³/mol. The third-order valence-electron chi connectivity index (χ3n) is 4.46. The molecule has 0 amide bonds. The van der Waals surface area contributed by atoms with Crippen molar-refractivity contribution in [2.24, 2.45) is 0 Å². The van der Waals surface area contributed by atoms with Crippen molar-refractivity contribution in [2.45, 2.75) is 25.4 Å². The molecule has 1 aliphatic rings. The zero-order chi connectivity index (χ0) is 17.2. The Morgan fingerprint density at radius 2 is 2.04 bits per heavy atom. The van der Waals surface area contributed by atoms with E-state index in [1.54, 1.807) is 6.33 Å². The topological polar surface area (TPSA) is 52.0 Å². The Bertz CT molecular complexity index is 862. The number of fused-ring (bicyclic) bond motifs is 1. The molecule has 0 saturated heterocycles. The number of ether oxygens (including phenoxy) is 1. The fourth-order valence-electron chi connectivity index (χ4n) is 3.29. The Morgan fingerprint density at radius 3 is 2.80 bits per heavy atom. The monoisotopic (exact) mass is 354 g/mol. The molecule has 0 radical (unpaired) electrons. The van der Waals surface area contributed by atoms with E-state index in [2.05, 4.69) is 33.6 Å². The largest absolute Gasteiger partial charge is 0.494 e. The van der Waals surface area contributed by atoms with E-state index in [1.165, 1.54) is 5.56 Å². The van der Waals surface area contributed by atoms with Gasteiger partial charge in [-0.3, -0.25) is 0 Å². The minimum atomic E-state index is 0.0917. The number of hydrogen-bond donors (Lipinski definition) is 1. The number of benzene rings is 2. The van der Waals surface area contributed by atoms with Gasteiger partial charge < -0.3 is 10.1 Å². The SMILES string of the molecule is CCOc1ccc(C2CC(c3cccc(Cl)c3)n3ncnc3N2)cc1. The van der Waals surface area contributed by atoms with Gasteiger partial charge >= 0.3 is 0 Å². The summed E-state index contributed by atoms with van der Waals surface area (Å²) in [6, 6.07) is 16.4. The average molecular weight is 355 g/mol. The molecule has 6 heteroatoms. The second-order valence-corrected chi connectivity index (χ2v) is 6.47. The van der Waals surface area contributed by atoms with Crippen molar-refractivity contribution in [2.75, 3.05) is 11.9 Å². The maximum Gasteiger partial charge on any atom is 0.222 e. The Kier molecular flexibility index (Phi) is 4.32. The van der Waals surface area contributed by atoms with Crippen molar-refractivity contribution in [1.82, 2.24) is 14.8 Å². The molecule has 0 spiro atoms. The van der Waals surface area contributed by atoms with Crippen LogP contribution in [0.5, 0.6) is 5.75 Å². The van der Waals surface area contributed by atoms with E-state index in [9.17, 15) is 0 Å². The lowest BCUT2D eigenvalue weighted by atomic mass is 9.93. The van der Waals surface area contributed by atoms with Crippen LogP contribution >= 0.6 is 11.6 Å². The van der Waals surface area contributed by atoms with Gasteiger partial charge in [0.1, 0.15) is 12.1 Å². The summed E-state index contributed by atoms with van der Waals surface area (Å²) in [4.78, 5) is 4.36. The minimum absolute atomic E-state index is 0.0917. The molecular weight excluding hydrogens is 336 g/mol. The summed E-state index contributed by atoms with van der Waals surface area (Å²) in [6.07, 6.45) is 2.45. The van der Waals surface area contributed by atoms with E-state index in [0.717, 1.165) is 28.7 Å². The van der Waals surface area contributed by atoms with Gasteiger partial charge in [-0.1, -0.05) is 35.9 Å². The second kappa shape index (κ2) is 6.76. The molecule has 128 valence electrons. The molecule has 5 nitrogen and oxygen atoms in total. The highest BCUT2D eigenvalue weighted by molar-refractivity contribution is 6.30. The quantitative estimate of drug-likeness (QED) is 0.750. The van der Waals surface area contributed by atoms with Crippen LogP contribution in [0.3, 0.4) is 0 Å². The predicted octanol–water partition coefficient (Wildman–Crippen LogP) is 4.48. The van der Waals surface area contributed by atoms with Gasteiger partial charge in [0.05, 0.1) is 18.7 Å². The van der Waals surface area contributed by atoms with Gasteiger partial charge in [0, 0.05) is 5.02 Å². The van der Waals surface area contributed by atoms with Gasteiger partial charge in [0.2, 0.25) is 5.95 Å². The van der Waals surface area contributed by atoms with Gasteiger partial charge in [-0.25, -0.2) is 4.68 Å². The van der Waals surface area contributed by atoms with Crippen LogP contribution in [0.25, 0.3) is 0 Å². The highest BCUT2D eigenvalue weighted by Crippen LogP contribution is 2.38. The molecular formula is C19H19ClN4O. The van der Waals surface area contributed by atoms with E-state index in [-0.39, 0.29) is 12.1 Å². The van der Waals surface area contributed by atoms with Crippen molar-refractivity contribution >= 4 is 17.5 Å². The van der Waals surface area contributed by atoms with Crippen LogP contribution in [-0.2, 0) is 0 Å². The fraction of sp³-hybridized carbons (Fsp3) is 0.263. The van der Waals surface area contributed by atoms with Crippen LogP contribution in [0.1, 0.15) is 36.6 Å². The van der Waals surface area contributed by atoms with Crippen LogP contribution in [0.15, 0.2) is 54.9 Å². The first-order chi connectivity index (χ1) is 12.2. The van der Waals surface area contributed by atoms with Crippen molar-refractivity contribution in [1.29, 1.82) is 0 Å². The summed E-state index contributed by atoms with van der Waals surface area (Å²) in [5.41, 5.74) is 2.33. The Morgan fingerprint density at radius 1 is 1.20 bits per heavy atom. The number of rotatable bonds is 4. The standard InChI is InChI=1S/C19H19ClN4O/c1-2-25-16-8-6-13(7-9-16)17-11-18(14-4-3-5-15(20)10-14)24-19(23-17)21-12-22-24/h3-10,12,17-18H,2,11H2,1H3,(H,21,22,23). The van der Waals surface area contributed by atoms with Crippen LogP contribution < -0.4 is 10.1 Å². The van der Waals surface area contributed by atoms with Crippen LogP contribution in [-0.4, -0.2) is 21.4 Å². The van der Waals surface area contributed by atoms with E-state index in [1.807, 2.05) is 41.9 Å². The average Bonchev–Trinajstić information content (AvgIpc) is 3.10. The highest BCUT2D eigenvalue weighted by Gasteiger charge is 2.29. The number of aromatic nitrogens is 3. The maximum absolute atomic E-state index is 6.19. The first kappa shape index (κ1) is 16.0. The zero-order valence-corrected chi connectivity index (χ0v) is 14.6. The number of hydrogen-bond acceptors (Lipinski definition) is 4. The lowest BCUT2D eigenvalue weighted by Crippen LogP contribution is -2.28. The molecule has 0 saturated carbocycles. The normalized spacial score (nSPS) is 19.1. The van der Waals surface area contributed by atoms with E-state index in [0.29, 0.717) is 6.61 Å². The molecule has 0 fully saturated rings. The van der Waals surface area contributed by atoms with Crippen LogP contribution in [0.4, 0.5) is 5.95 Å². The number of nitrogens with zero attached hydrogens (tertiary/aromatic N) is 3. The van der Waals surface area contributed by atoms with Gasteiger partial charge in [0.25, 0.3) is 0 Å². The Balaban J connectivity index is 1.66. The molecule has 2 heterocycles. The molecule has 3 aromatic rings. The molecule has 2 unspecified atom stereocenters. The Hall–Kier alpha value is -2.53. The summed E-state index contributed by atoms with van der Waals surface area (Å²) in [5, 5.41) is 8.60. The van der Waals surface area contributed by atoms with Gasteiger partial charge in [0.15, 0.2) is 0 Å². The lowest BCUT2D eigenvalue weighted by molar-refractivity contribution is 0.340. The third kappa shape index (κ3) is 3.20. The summed E-state index contributed by atoms with van der Waals surface area (Å²) in [6.45, 7) is 2.65. The summed E-state index contributed by atoms with van der Waals surface area (Å²) in [7, 11) is 0. The zero-order valence-electron chi connectivity index (χ0n) is 13.9.